The molecule has 0 bridgehead atoms. The van der Waals surface area contributed by atoms with Crippen LogP contribution in [0, 0.1) is 0 Å². The van der Waals surface area contributed by atoms with Crippen LogP contribution < -0.4 is 5.56 Å². The minimum atomic E-state index is -0.366. The number of pyridine rings is 1. The van der Waals surface area contributed by atoms with Gasteiger partial charge in [-0.3, -0.25) is 9.78 Å². The first-order chi connectivity index (χ1) is 8.84. The monoisotopic (exact) mass is 235 g/mol. The van der Waals surface area contributed by atoms with E-state index >= 15 is 0 Å². The minimum absolute atomic E-state index is 0.270. The molecule has 0 saturated heterocycles. The van der Waals surface area contributed by atoms with Crippen LogP contribution in [0.15, 0.2) is 59.7 Å². The van der Waals surface area contributed by atoms with Crippen molar-refractivity contribution in [1.82, 2.24) is 15.0 Å². The lowest BCUT2D eigenvalue weighted by molar-refractivity contribution is 1.21. The van der Waals surface area contributed by atoms with Crippen LogP contribution in [0.25, 0.3) is 22.3 Å². The maximum absolute atomic E-state index is 12.0. The molecular weight excluding hydrogens is 226 g/mol. The average molecular weight is 235 g/mol. The van der Waals surface area contributed by atoms with Crippen LogP contribution in [0.4, 0.5) is 0 Å². The molecule has 86 valence electrons. The molecule has 0 fully saturated rings. The highest BCUT2D eigenvalue weighted by atomic mass is 16.1. The van der Waals surface area contributed by atoms with E-state index in [4.69, 9.17) is 0 Å². The van der Waals surface area contributed by atoms with Crippen molar-refractivity contribution in [2.24, 2.45) is 0 Å². The molecule has 0 aliphatic rings. The molecule has 0 radical (unpaired) electrons. The maximum Gasteiger partial charge on any atom is 0.298 e. The summed E-state index contributed by atoms with van der Waals surface area (Å²) in [5.74, 6) is 0. The SMILES string of the molecule is O=c1nc2ccccc2cnc1-c1ccccn1. The lowest BCUT2D eigenvalue weighted by Crippen LogP contribution is -2.07. The van der Waals surface area contributed by atoms with Gasteiger partial charge in [-0.15, -0.1) is 0 Å². The molecule has 0 N–H and O–H groups in total. The van der Waals surface area contributed by atoms with Crippen molar-refractivity contribution < 1.29 is 0 Å². The predicted molar refractivity (Wildman–Crippen MR) is 69.0 cm³/mol. The van der Waals surface area contributed by atoms with Crippen molar-refractivity contribution in [3.8, 4) is 11.4 Å². The van der Waals surface area contributed by atoms with E-state index in [1.54, 1.807) is 30.6 Å². The van der Waals surface area contributed by atoms with Crippen molar-refractivity contribution in [2.45, 2.75) is 0 Å². The lowest BCUT2D eigenvalue weighted by atomic mass is 10.2. The summed E-state index contributed by atoms with van der Waals surface area (Å²) in [6.07, 6.45) is 3.27. The zero-order valence-electron chi connectivity index (χ0n) is 9.45. The summed E-state index contributed by atoms with van der Waals surface area (Å²) in [4.78, 5) is 24.4. The number of para-hydroxylation sites is 1. The van der Waals surface area contributed by atoms with Gasteiger partial charge in [-0.2, -0.15) is 0 Å². The van der Waals surface area contributed by atoms with E-state index < -0.39 is 0 Å². The summed E-state index contributed by atoms with van der Waals surface area (Å²) >= 11 is 0. The molecule has 3 aromatic rings. The molecule has 3 rings (SSSR count). The van der Waals surface area contributed by atoms with Crippen LogP contribution in [0.3, 0.4) is 0 Å². The zero-order chi connectivity index (χ0) is 12.4. The summed E-state index contributed by atoms with van der Waals surface area (Å²) in [6.45, 7) is 0. The van der Waals surface area contributed by atoms with Crippen molar-refractivity contribution >= 4 is 10.9 Å². The molecule has 0 aliphatic heterocycles. The molecule has 18 heavy (non-hydrogen) atoms. The first-order valence-corrected chi connectivity index (χ1v) is 5.52. The molecule has 0 aliphatic carbocycles. The molecule has 1 aromatic carbocycles. The Kier molecular flexibility index (Phi) is 2.53. The summed E-state index contributed by atoms with van der Waals surface area (Å²) < 4.78 is 0. The third kappa shape index (κ3) is 1.84. The zero-order valence-corrected chi connectivity index (χ0v) is 9.45. The molecule has 0 unspecified atom stereocenters. The highest BCUT2D eigenvalue weighted by Gasteiger charge is 2.05. The summed E-state index contributed by atoms with van der Waals surface area (Å²) in [5, 5.41) is 0.830. The fourth-order valence-corrected chi connectivity index (χ4v) is 1.73. The van der Waals surface area contributed by atoms with E-state index in [9.17, 15) is 4.79 Å². The topological polar surface area (TPSA) is 55.7 Å². The molecule has 0 atom stereocenters. The third-order valence-electron chi connectivity index (χ3n) is 2.60. The third-order valence-corrected chi connectivity index (χ3v) is 2.60. The Balaban J connectivity index is 2.33. The molecule has 0 spiro atoms. The molecule has 0 amide bonds. The summed E-state index contributed by atoms with van der Waals surface area (Å²) in [5.41, 5.74) is 1.08. The Labute approximate surface area is 103 Å². The number of benzene rings is 1. The van der Waals surface area contributed by atoms with Gasteiger partial charge < -0.3 is 0 Å². The molecule has 4 heteroatoms. The second kappa shape index (κ2) is 4.33. The smallest absolute Gasteiger partial charge is 0.265 e. The van der Waals surface area contributed by atoms with Crippen molar-refractivity contribution in [3.05, 3.63) is 65.2 Å². The van der Waals surface area contributed by atoms with E-state index in [0.717, 1.165) is 5.39 Å². The van der Waals surface area contributed by atoms with E-state index in [-0.39, 0.29) is 11.3 Å². The van der Waals surface area contributed by atoms with Gasteiger partial charge in [-0.25, -0.2) is 9.97 Å². The van der Waals surface area contributed by atoms with Crippen molar-refractivity contribution in [1.29, 1.82) is 0 Å². The Morgan fingerprint density at radius 3 is 2.56 bits per heavy atom. The van der Waals surface area contributed by atoms with Crippen molar-refractivity contribution in [2.75, 3.05) is 0 Å². The number of hydrogen-bond acceptors (Lipinski definition) is 4. The van der Waals surface area contributed by atoms with Crippen LogP contribution in [-0.2, 0) is 0 Å². The quantitative estimate of drug-likeness (QED) is 0.647. The van der Waals surface area contributed by atoms with Crippen LogP contribution in [0.1, 0.15) is 0 Å². The van der Waals surface area contributed by atoms with Gasteiger partial charge in [0.15, 0.2) is 5.69 Å². The van der Waals surface area contributed by atoms with Crippen LogP contribution in [0.2, 0.25) is 0 Å². The van der Waals surface area contributed by atoms with E-state index in [1.165, 1.54) is 0 Å². The predicted octanol–water partition coefficient (Wildman–Crippen LogP) is 2.05. The lowest BCUT2D eigenvalue weighted by Gasteiger charge is -1.92. The molecule has 0 saturated carbocycles. The molecular formula is C14H9N3O. The summed E-state index contributed by atoms with van der Waals surface area (Å²) in [7, 11) is 0. The number of nitrogens with zero attached hydrogens (tertiary/aromatic N) is 3. The van der Waals surface area contributed by atoms with Crippen molar-refractivity contribution in [3.63, 3.8) is 0 Å². The minimum Gasteiger partial charge on any atom is -0.265 e. The molecule has 4 nitrogen and oxygen atoms in total. The van der Waals surface area contributed by atoms with Gasteiger partial charge in [0.25, 0.3) is 5.56 Å². The fraction of sp³-hybridized carbons (Fsp3) is 0. The average Bonchev–Trinajstić information content (AvgIpc) is 2.58. The van der Waals surface area contributed by atoms with Gasteiger partial charge in [-0.05, 0) is 18.2 Å². The van der Waals surface area contributed by atoms with Crippen LogP contribution >= 0.6 is 0 Å². The Morgan fingerprint density at radius 2 is 1.72 bits per heavy atom. The Bertz CT molecular complexity index is 757. The molecule has 2 heterocycles. The van der Waals surface area contributed by atoms with E-state index in [2.05, 4.69) is 15.0 Å². The largest absolute Gasteiger partial charge is 0.298 e. The highest BCUT2D eigenvalue weighted by Crippen LogP contribution is 2.10. The van der Waals surface area contributed by atoms with Gasteiger partial charge in [0.1, 0.15) is 0 Å². The van der Waals surface area contributed by atoms with Gasteiger partial charge in [0.05, 0.1) is 11.2 Å². The number of aromatic nitrogens is 3. The highest BCUT2D eigenvalue weighted by molar-refractivity contribution is 5.77. The fourth-order valence-electron chi connectivity index (χ4n) is 1.73. The normalized spacial score (nSPS) is 10.4. The molecule has 2 aromatic heterocycles. The number of hydrogen-bond donors (Lipinski definition) is 0. The number of rotatable bonds is 1. The standard InChI is InChI=1S/C14H9N3O/c18-14-13(12-7-3-4-8-15-12)16-9-10-5-1-2-6-11(10)17-14/h1-9H. The van der Waals surface area contributed by atoms with Gasteiger partial charge in [-0.1, -0.05) is 24.3 Å². The van der Waals surface area contributed by atoms with E-state index in [1.807, 2.05) is 24.3 Å². The second-order valence-electron chi connectivity index (χ2n) is 3.80. The van der Waals surface area contributed by atoms with Gasteiger partial charge >= 0.3 is 0 Å². The number of fused-ring (bicyclic) bond motifs is 1. The Hall–Kier alpha value is -2.62. The Morgan fingerprint density at radius 1 is 0.889 bits per heavy atom. The van der Waals surface area contributed by atoms with Crippen LogP contribution in [-0.4, -0.2) is 15.0 Å². The first kappa shape index (κ1) is 10.5. The summed E-state index contributed by atoms with van der Waals surface area (Å²) in [6, 6.07) is 12.7. The van der Waals surface area contributed by atoms with Gasteiger partial charge in [0, 0.05) is 17.8 Å². The second-order valence-corrected chi connectivity index (χ2v) is 3.80. The van der Waals surface area contributed by atoms with E-state index in [0.29, 0.717) is 11.2 Å². The van der Waals surface area contributed by atoms with Crippen LogP contribution in [0.5, 0.6) is 0 Å². The van der Waals surface area contributed by atoms with Gasteiger partial charge in [0.2, 0.25) is 0 Å². The maximum atomic E-state index is 12.0. The first-order valence-electron chi connectivity index (χ1n) is 5.52.